The zero-order chi connectivity index (χ0) is 20.7. The van der Waals surface area contributed by atoms with Gasteiger partial charge in [-0.1, -0.05) is 60.1 Å². The van der Waals surface area contributed by atoms with Crippen molar-refractivity contribution in [3.05, 3.63) is 94.6 Å². The summed E-state index contributed by atoms with van der Waals surface area (Å²) in [5.41, 5.74) is 5.91. The van der Waals surface area contributed by atoms with Crippen molar-refractivity contribution in [2.45, 2.75) is 6.92 Å². The molecule has 4 aromatic rings. The number of hydrogen-bond donors (Lipinski definition) is 1. The number of aromatic hydroxyl groups is 1. The first-order chi connectivity index (χ1) is 14.6. The van der Waals surface area contributed by atoms with Crippen LogP contribution in [0.15, 0.2) is 77.8 Å². The van der Waals surface area contributed by atoms with Crippen molar-refractivity contribution >= 4 is 35.2 Å². The highest BCUT2D eigenvalue weighted by molar-refractivity contribution is 6.33. The lowest BCUT2D eigenvalue weighted by atomic mass is 10.1. The summed E-state index contributed by atoms with van der Waals surface area (Å²) in [6.45, 7) is 2.00. The van der Waals surface area contributed by atoms with Crippen LogP contribution in [-0.4, -0.2) is 20.9 Å². The van der Waals surface area contributed by atoms with Gasteiger partial charge in [0.1, 0.15) is 11.5 Å². The van der Waals surface area contributed by atoms with Gasteiger partial charge in [-0.05, 0) is 42.8 Å². The average Bonchev–Trinajstić information content (AvgIpc) is 3.31. The monoisotopic (exact) mass is 411 g/mol. The molecule has 0 aliphatic carbocycles. The molecule has 0 unspecified atom stereocenters. The SMILES string of the molecule is Cc1ccccc1-n1c(-c2ccccc2Cl)nc(/C=C2\C=Nc3ccccc32)c1O. The maximum atomic E-state index is 11.2. The highest BCUT2D eigenvalue weighted by Gasteiger charge is 2.22. The molecule has 30 heavy (non-hydrogen) atoms. The van der Waals surface area contributed by atoms with Crippen molar-refractivity contribution in [1.82, 2.24) is 9.55 Å². The average molecular weight is 412 g/mol. The van der Waals surface area contributed by atoms with Gasteiger partial charge in [-0.25, -0.2) is 4.98 Å². The number of para-hydroxylation sites is 2. The number of nitrogens with zero attached hydrogens (tertiary/aromatic N) is 3. The van der Waals surface area contributed by atoms with Gasteiger partial charge in [0.25, 0.3) is 0 Å². The summed E-state index contributed by atoms with van der Waals surface area (Å²) in [6, 6.07) is 23.3. The van der Waals surface area contributed by atoms with Gasteiger partial charge in [-0.3, -0.25) is 9.56 Å². The molecule has 4 nitrogen and oxygen atoms in total. The van der Waals surface area contributed by atoms with Crippen molar-refractivity contribution in [2.24, 2.45) is 4.99 Å². The lowest BCUT2D eigenvalue weighted by Crippen LogP contribution is -1.99. The Kier molecular flexibility index (Phi) is 4.49. The predicted molar refractivity (Wildman–Crippen MR) is 123 cm³/mol. The summed E-state index contributed by atoms with van der Waals surface area (Å²) in [7, 11) is 0. The van der Waals surface area contributed by atoms with E-state index in [4.69, 9.17) is 16.6 Å². The topological polar surface area (TPSA) is 50.4 Å². The molecule has 0 amide bonds. The minimum absolute atomic E-state index is 0.0597. The Bertz CT molecular complexity index is 1330. The summed E-state index contributed by atoms with van der Waals surface area (Å²) >= 11 is 6.49. The molecule has 0 fully saturated rings. The summed E-state index contributed by atoms with van der Waals surface area (Å²) in [5.74, 6) is 0.645. The van der Waals surface area contributed by atoms with Gasteiger partial charge in [-0.2, -0.15) is 0 Å². The third-order valence-corrected chi connectivity index (χ3v) is 5.53. The smallest absolute Gasteiger partial charge is 0.224 e. The van der Waals surface area contributed by atoms with E-state index in [1.54, 1.807) is 10.8 Å². The molecule has 2 heterocycles. The van der Waals surface area contributed by atoms with E-state index in [9.17, 15) is 5.11 Å². The molecule has 146 valence electrons. The van der Waals surface area contributed by atoms with Crippen LogP contribution in [0.3, 0.4) is 0 Å². The van der Waals surface area contributed by atoms with Crippen molar-refractivity contribution in [3.63, 3.8) is 0 Å². The van der Waals surface area contributed by atoms with Crippen LogP contribution in [0, 0.1) is 6.92 Å². The summed E-state index contributed by atoms with van der Waals surface area (Å²) < 4.78 is 1.75. The van der Waals surface area contributed by atoms with Crippen LogP contribution in [0.5, 0.6) is 5.88 Å². The van der Waals surface area contributed by atoms with E-state index >= 15 is 0 Å². The Morgan fingerprint density at radius 2 is 1.60 bits per heavy atom. The molecule has 5 heteroatoms. The van der Waals surface area contributed by atoms with Crippen molar-refractivity contribution in [3.8, 4) is 23.0 Å². The highest BCUT2D eigenvalue weighted by Crippen LogP contribution is 2.38. The molecular weight excluding hydrogens is 394 g/mol. The molecule has 0 spiro atoms. The van der Waals surface area contributed by atoms with Gasteiger partial charge >= 0.3 is 0 Å². The van der Waals surface area contributed by atoms with E-state index in [0.717, 1.165) is 33.6 Å². The second kappa shape index (κ2) is 7.32. The normalized spacial score (nSPS) is 13.7. The molecule has 1 aliphatic heterocycles. The number of aromatic nitrogens is 2. The van der Waals surface area contributed by atoms with Gasteiger partial charge in [0.15, 0.2) is 0 Å². The standard InChI is InChI=1S/C25H18ClN3O/c1-16-8-2-7-13-23(16)29-24(19-10-3-5-11-20(19)26)28-22(25(29)30)14-17-15-27-21-12-6-4-9-18(17)21/h2-15,30H,1H3/b17-14+. The molecule has 5 rings (SSSR count). The second-order valence-electron chi connectivity index (χ2n) is 7.12. The third-order valence-electron chi connectivity index (χ3n) is 5.20. The maximum Gasteiger partial charge on any atom is 0.224 e. The number of aryl methyl sites for hydroxylation is 1. The third kappa shape index (κ3) is 3.02. The van der Waals surface area contributed by atoms with Gasteiger partial charge in [-0.15, -0.1) is 0 Å². The van der Waals surface area contributed by atoms with Crippen LogP contribution in [0.2, 0.25) is 5.02 Å². The minimum atomic E-state index is 0.0597. The molecule has 1 N–H and O–H groups in total. The van der Waals surface area contributed by atoms with Gasteiger partial charge in [0.2, 0.25) is 5.88 Å². The van der Waals surface area contributed by atoms with E-state index in [1.165, 1.54) is 0 Å². The zero-order valence-corrected chi connectivity index (χ0v) is 17.0. The predicted octanol–water partition coefficient (Wildman–Crippen LogP) is 6.46. The Balaban J connectivity index is 1.75. The molecule has 1 aromatic heterocycles. The molecule has 0 radical (unpaired) electrons. The van der Waals surface area contributed by atoms with Crippen molar-refractivity contribution in [1.29, 1.82) is 0 Å². The number of fused-ring (bicyclic) bond motifs is 1. The Morgan fingerprint density at radius 1 is 0.900 bits per heavy atom. The Hall–Kier alpha value is -3.63. The molecule has 0 saturated heterocycles. The van der Waals surface area contributed by atoms with E-state index in [1.807, 2.05) is 85.8 Å². The van der Waals surface area contributed by atoms with E-state index in [0.29, 0.717) is 16.5 Å². The van der Waals surface area contributed by atoms with Crippen LogP contribution in [0.25, 0.3) is 28.7 Å². The molecule has 0 bridgehead atoms. The summed E-state index contributed by atoms with van der Waals surface area (Å²) in [4.78, 5) is 9.23. The largest absolute Gasteiger partial charge is 0.493 e. The fraction of sp³-hybridized carbons (Fsp3) is 0.0400. The fourth-order valence-corrected chi connectivity index (χ4v) is 3.91. The first-order valence-electron chi connectivity index (χ1n) is 9.61. The van der Waals surface area contributed by atoms with Crippen LogP contribution in [-0.2, 0) is 0 Å². The Morgan fingerprint density at radius 3 is 2.40 bits per heavy atom. The van der Waals surface area contributed by atoms with Gasteiger partial charge in [0.05, 0.1) is 16.4 Å². The number of aliphatic imine (C=N–C) groups is 1. The van der Waals surface area contributed by atoms with Crippen LogP contribution in [0.4, 0.5) is 5.69 Å². The lowest BCUT2D eigenvalue weighted by Gasteiger charge is -2.12. The van der Waals surface area contributed by atoms with Gasteiger partial charge < -0.3 is 5.11 Å². The number of imidazole rings is 1. The lowest BCUT2D eigenvalue weighted by molar-refractivity contribution is 0.442. The first-order valence-corrected chi connectivity index (χ1v) is 9.99. The van der Waals surface area contributed by atoms with Gasteiger partial charge in [0, 0.05) is 22.9 Å². The Labute approximate surface area is 179 Å². The quantitative estimate of drug-likeness (QED) is 0.420. The second-order valence-corrected chi connectivity index (χ2v) is 7.53. The minimum Gasteiger partial charge on any atom is -0.493 e. The number of allylic oxidation sites excluding steroid dienone is 1. The molecule has 3 aromatic carbocycles. The molecule has 1 aliphatic rings. The molecular formula is C25H18ClN3O. The van der Waals surface area contributed by atoms with Crippen LogP contribution >= 0.6 is 11.6 Å². The number of benzene rings is 3. The van der Waals surface area contributed by atoms with E-state index in [-0.39, 0.29) is 5.88 Å². The number of rotatable bonds is 3. The van der Waals surface area contributed by atoms with E-state index < -0.39 is 0 Å². The molecule has 0 saturated carbocycles. The fourth-order valence-electron chi connectivity index (χ4n) is 3.69. The molecule has 0 atom stereocenters. The van der Waals surface area contributed by atoms with Crippen molar-refractivity contribution < 1.29 is 5.11 Å². The summed E-state index contributed by atoms with van der Waals surface area (Å²) in [5, 5.41) is 11.8. The highest BCUT2D eigenvalue weighted by atomic mass is 35.5. The first kappa shape index (κ1) is 18.4. The van der Waals surface area contributed by atoms with Crippen molar-refractivity contribution in [2.75, 3.05) is 0 Å². The number of halogens is 1. The van der Waals surface area contributed by atoms with Crippen LogP contribution < -0.4 is 0 Å². The van der Waals surface area contributed by atoms with Crippen LogP contribution in [0.1, 0.15) is 16.8 Å². The maximum absolute atomic E-state index is 11.2. The van der Waals surface area contributed by atoms with E-state index in [2.05, 4.69) is 4.99 Å². The zero-order valence-electron chi connectivity index (χ0n) is 16.2. The summed E-state index contributed by atoms with van der Waals surface area (Å²) in [6.07, 6.45) is 3.66. The number of hydrogen-bond acceptors (Lipinski definition) is 3.